The fourth-order valence-electron chi connectivity index (χ4n) is 2.33. The Kier molecular flexibility index (Phi) is 2.89. The maximum atomic E-state index is 6.24. The number of ether oxygens (including phenoxy) is 1. The molecule has 0 saturated carbocycles. The minimum Gasteiger partial charge on any atom is -0.492 e. The number of rotatable bonds is 1. The molecule has 0 radical (unpaired) electrons. The molecule has 0 aliphatic carbocycles. The first-order chi connectivity index (χ1) is 7.41. The first kappa shape index (κ1) is 11.7. The Morgan fingerprint density at radius 2 is 2.12 bits per heavy atom. The molecule has 0 saturated heterocycles. The summed E-state index contributed by atoms with van der Waals surface area (Å²) in [5.41, 5.74) is 9.37. The van der Waals surface area contributed by atoms with Gasteiger partial charge in [0, 0.05) is 5.54 Å². The van der Waals surface area contributed by atoms with Gasteiger partial charge in [0.05, 0.1) is 11.6 Å². The van der Waals surface area contributed by atoms with Crippen LogP contribution < -0.4 is 10.5 Å². The van der Waals surface area contributed by atoms with Gasteiger partial charge in [0.2, 0.25) is 0 Å². The van der Waals surface area contributed by atoms with Gasteiger partial charge >= 0.3 is 0 Å². The molecule has 0 fully saturated rings. The van der Waals surface area contributed by atoms with E-state index in [0.29, 0.717) is 5.02 Å². The first-order valence-electron chi connectivity index (χ1n) is 5.65. The summed E-state index contributed by atoms with van der Waals surface area (Å²) >= 11 is 6.24. The van der Waals surface area contributed by atoms with Crippen LogP contribution in [-0.4, -0.2) is 6.61 Å². The molecule has 3 heteroatoms. The van der Waals surface area contributed by atoms with Crippen molar-refractivity contribution in [1.82, 2.24) is 0 Å². The van der Waals surface area contributed by atoms with E-state index in [0.717, 1.165) is 30.8 Å². The second-order valence-electron chi connectivity index (χ2n) is 5.01. The average Bonchev–Trinajstić information content (AvgIpc) is 2.22. The average molecular weight is 240 g/mol. The van der Waals surface area contributed by atoms with Crippen LogP contribution in [0.5, 0.6) is 5.75 Å². The summed E-state index contributed by atoms with van der Waals surface area (Å²) in [6, 6.07) is 1.95. The SMILES string of the molecule is Cc1c(C(C)(C)N)cc(Cl)c2c1CCCO2. The van der Waals surface area contributed by atoms with Crippen LogP contribution >= 0.6 is 11.6 Å². The molecule has 1 heterocycles. The molecule has 1 aromatic carbocycles. The maximum absolute atomic E-state index is 6.24. The third-order valence-electron chi connectivity index (χ3n) is 3.13. The Hall–Kier alpha value is -0.730. The summed E-state index contributed by atoms with van der Waals surface area (Å²) in [4.78, 5) is 0. The summed E-state index contributed by atoms with van der Waals surface area (Å²) in [6.45, 7) is 6.87. The van der Waals surface area contributed by atoms with Crippen molar-refractivity contribution < 1.29 is 4.74 Å². The lowest BCUT2D eigenvalue weighted by atomic mass is 9.87. The molecule has 0 bridgehead atoms. The lowest BCUT2D eigenvalue weighted by Crippen LogP contribution is -2.30. The molecule has 2 N–H and O–H groups in total. The van der Waals surface area contributed by atoms with Gasteiger partial charge in [-0.25, -0.2) is 0 Å². The molecule has 16 heavy (non-hydrogen) atoms. The number of benzene rings is 1. The molecule has 2 nitrogen and oxygen atoms in total. The molecule has 1 aromatic rings. The number of hydrogen-bond donors (Lipinski definition) is 1. The van der Waals surface area contributed by atoms with E-state index in [-0.39, 0.29) is 5.54 Å². The summed E-state index contributed by atoms with van der Waals surface area (Å²) in [5.74, 6) is 0.860. The van der Waals surface area contributed by atoms with Crippen molar-refractivity contribution in [3.63, 3.8) is 0 Å². The summed E-state index contributed by atoms with van der Waals surface area (Å²) in [7, 11) is 0. The normalized spacial score (nSPS) is 15.6. The third kappa shape index (κ3) is 1.92. The highest BCUT2D eigenvalue weighted by Crippen LogP contribution is 2.39. The zero-order valence-electron chi connectivity index (χ0n) is 10.1. The molecule has 0 aromatic heterocycles. The Bertz CT molecular complexity index is 421. The van der Waals surface area contributed by atoms with Crippen LogP contribution in [0.2, 0.25) is 5.02 Å². The van der Waals surface area contributed by atoms with E-state index in [1.54, 1.807) is 0 Å². The second kappa shape index (κ2) is 3.94. The largest absolute Gasteiger partial charge is 0.492 e. The van der Waals surface area contributed by atoms with Crippen molar-refractivity contribution in [2.75, 3.05) is 6.61 Å². The molecule has 0 amide bonds. The fourth-order valence-corrected chi connectivity index (χ4v) is 2.60. The van der Waals surface area contributed by atoms with Gasteiger partial charge in [0.1, 0.15) is 5.75 Å². The molecule has 88 valence electrons. The van der Waals surface area contributed by atoms with Gasteiger partial charge in [-0.2, -0.15) is 0 Å². The van der Waals surface area contributed by atoms with Crippen molar-refractivity contribution in [3.05, 3.63) is 27.8 Å². The Morgan fingerprint density at radius 3 is 2.75 bits per heavy atom. The van der Waals surface area contributed by atoms with Crippen molar-refractivity contribution >= 4 is 11.6 Å². The Balaban J connectivity index is 2.63. The topological polar surface area (TPSA) is 35.2 Å². The summed E-state index contributed by atoms with van der Waals surface area (Å²) in [5, 5.41) is 0.689. The van der Waals surface area contributed by atoms with Gasteiger partial charge in [-0.15, -0.1) is 0 Å². The quantitative estimate of drug-likeness (QED) is 0.817. The highest BCUT2D eigenvalue weighted by molar-refractivity contribution is 6.32. The van der Waals surface area contributed by atoms with Crippen LogP contribution in [0.25, 0.3) is 0 Å². The molecule has 0 unspecified atom stereocenters. The highest BCUT2D eigenvalue weighted by atomic mass is 35.5. The lowest BCUT2D eigenvalue weighted by Gasteiger charge is -2.28. The van der Waals surface area contributed by atoms with E-state index in [4.69, 9.17) is 22.1 Å². The molecular weight excluding hydrogens is 222 g/mol. The van der Waals surface area contributed by atoms with Crippen LogP contribution in [0.3, 0.4) is 0 Å². The first-order valence-corrected chi connectivity index (χ1v) is 6.03. The lowest BCUT2D eigenvalue weighted by molar-refractivity contribution is 0.287. The van der Waals surface area contributed by atoms with Gasteiger partial charge in [-0.3, -0.25) is 0 Å². The Morgan fingerprint density at radius 1 is 1.44 bits per heavy atom. The zero-order chi connectivity index (χ0) is 11.9. The smallest absolute Gasteiger partial charge is 0.141 e. The number of hydrogen-bond acceptors (Lipinski definition) is 2. The zero-order valence-corrected chi connectivity index (χ0v) is 10.8. The van der Waals surface area contributed by atoms with E-state index >= 15 is 0 Å². The third-order valence-corrected chi connectivity index (χ3v) is 3.41. The van der Waals surface area contributed by atoms with Crippen molar-refractivity contribution in [2.24, 2.45) is 5.73 Å². The standard InChI is InChI=1S/C13H18ClNO/c1-8-9-5-4-6-16-12(9)11(14)7-10(8)13(2,3)15/h7H,4-6,15H2,1-3H3. The maximum Gasteiger partial charge on any atom is 0.141 e. The molecular formula is C13H18ClNO. The predicted molar refractivity (Wildman–Crippen MR) is 67.2 cm³/mol. The van der Waals surface area contributed by atoms with Crippen molar-refractivity contribution in [2.45, 2.75) is 39.2 Å². The number of halogens is 1. The van der Waals surface area contributed by atoms with Crippen molar-refractivity contribution in [3.8, 4) is 5.75 Å². The number of fused-ring (bicyclic) bond motifs is 1. The monoisotopic (exact) mass is 239 g/mol. The fraction of sp³-hybridized carbons (Fsp3) is 0.538. The van der Waals surface area contributed by atoms with E-state index < -0.39 is 0 Å². The van der Waals surface area contributed by atoms with E-state index in [1.165, 1.54) is 11.1 Å². The van der Waals surface area contributed by atoms with E-state index in [1.807, 2.05) is 19.9 Å². The van der Waals surface area contributed by atoms with Crippen LogP contribution in [0.1, 0.15) is 37.0 Å². The van der Waals surface area contributed by atoms with Gasteiger partial charge in [-0.05, 0) is 56.4 Å². The van der Waals surface area contributed by atoms with Crippen LogP contribution in [-0.2, 0) is 12.0 Å². The van der Waals surface area contributed by atoms with E-state index in [9.17, 15) is 0 Å². The summed E-state index contributed by atoms with van der Waals surface area (Å²) < 4.78 is 5.63. The van der Waals surface area contributed by atoms with Gasteiger partial charge in [-0.1, -0.05) is 11.6 Å². The predicted octanol–water partition coefficient (Wildman–Crippen LogP) is 3.17. The van der Waals surface area contributed by atoms with Crippen molar-refractivity contribution in [1.29, 1.82) is 0 Å². The van der Waals surface area contributed by atoms with Gasteiger partial charge < -0.3 is 10.5 Å². The summed E-state index contributed by atoms with van der Waals surface area (Å²) in [6.07, 6.45) is 2.09. The second-order valence-corrected chi connectivity index (χ2v) is 5.42. The molecule has 0 spiro atoms. The highest BCUT2D eigenvalue weighted by Gasteiger charge is 2.24. The van der Waals surface area contributed by atoms with E-state index in [2.05, 4.69) is 6.92 Å². The van der Waals surface area contributed by atoms with Crippen LogP contribution in [0, 0.1) is 6.92 Å². The van der Waals surface area contributed by atoms with Gasteiger partial charge in [0.15, 0.2) is 0 Å². The Labute approximate surface area is 102 Å². The molecule has 2 rings (SSSR count). The molecule has 1 aliphatic rings. The molecule has 0 atom stereocenters. The minimum atomic E-state index is -0.361. The van der Waals surface area contributed by atoms with Crippen LogP contribution in [0.4, 0.5) is 0 Å². The van der Waals surface area contributed by atoms with Gasteiger partial charge in [0.25, 0.3) is 0 Å². The van der Waals surface area contributed by atoms with Crippen LogP contribution in [0.15, 0.2) is 6.07 Å². The minimum absolute atomic E-state index is 0.361. The number of nitrogens with two attached hydrogens (primary N) is 1. The molecule has 1 aliphatic heterocycles.